The molecule has 19 heavy (non-hydrogen) atoms. The Morgan fingerprint density at radius 3 is 2.32 bits per heavy atom. The summed E-state index contributed by atoms with van der Waals surface area (Å²) in [7, 11) is 0. The summed E-state index contributed by atoms with van der Waals surface area (Å²) in [5, 5.41) is 20.1. The minimum absolute atomic E-state index is 0.0603. The van der Waals surface area contributed by atoms with Crippen molar-refractivity contribution in [1.82, 2.24) is 0 Å². The Morgan fingerprint density at radius 2 is 1.79 bits per heavy atom. The first-order chi connectivity index (χ1) is 8.96. The molecule has 0 aromatic heterocycles. The second-order valence-corrected chi connectivity index (χ2v) is 4.51. The van der Waals surface area contributed by atoms with E-state index in [9.17, 15) is 15.0 Å². The van der Waals surface area contributed by atoms with Crippen LogP contribution in [0.2, 0.25) is 5.02 Å². The molecule has 0 aliphatic rings. The van der Waals surface area contributed by atoms with Gasteiger partial charge in [0, 0.05) is 5.56 Å². The summed E-state index contributed by atoms with van der Waals surface area (Å²) in [5.41, 5.74) is 3.74. The van der Waals surface area contributed by atoms with E-state index >= 15 is 0 Å². The molecule has 1 amide bonds. The summed E-state index contributed by atoms with van der Waals surface area (Å²) < 4.78 is 0. The Balaban J connectivity index is 2.67. The van der Waals surface area contributed by atoms with Crippen LogP contribution in [0.25, 0.3) is 0 Å². The van der Waals surface area contributed by atoms with Gasteiger partial charge >= 0.3 is 0 Å². The first-order valence-corrected chi connectivity index (χ1v) is 5.91. The van der Waals surface area contributed by atoms with Crippen LogP contribution in [0, 0.1) is 0 Å². The number of aliphatic hydroxyl groups is 1. The van der Waals surface area contributed by atoms with Crippen molar-refractivity contribution in [2.45, 2.75) is 5.60 Å². The highest BCUT2D eigenvalue weighted by Gasteiger charge is 2.39. The lowest BCUT2D eigenvalue weighted by Crippen LogP contribution is -2.42. The third-order valence-electron chi connectivity index (χ3n) is 2.89. The maximum absolute atomic E-state index is 11.7. The Labute approximate surface area is 115 Å². The van der Waals surface area contributed by atoms with Crippen LogP contribution in [0.1, 0.15) is 11.1 Å². The van der Waals surface area contributed by atoms with Crippen molar-refractivity contribution < 1.29 is 15.0 Å². The maximum Gasteiger partial charge on any atom is 0.258 e. The molecule has 0 saturated heterocycles. The van der Waals surface area contributed by atoms with Gasteiger partial charge in [-0.15, -0.1) is 0 Å². The fourth-order valence-electron chi connectivity index (χ4n) is 1.91. The Hall–Kier alpha value is -2.04. The van der Waals surface area contributed by atoms with Gasteiger partial charge in [0.15, 0.2) is 5.60 Å². The van der Waals surface area contributed by atoms with Crippen LogP contribution in [0.15, 0.2) is 48.5 Å². The molecule has 4 nitrogen and oxygen atoms in total. The lowest BCUT2D eigenvalue weighted by Gasteiger charge is -2.26. The average molecular weight is 278 g/mol. The first-order valence-electron chi connectivity index (χ1n) is 5.53. The van der Waals surface area contributed by atoms with E-state index < -0.39 is 11.5 Å². The van der Waals surface area contributed by atoms with Gasteiger partial charge in [-0.1, -0.05) is 48.0 Å². The first kappa shape index (κ1) is 13.4. The Bertz CT molecular complexity index is 615. The summed E-state index contributed by atoms with van der Waals surface area (Å²) in [6.07, 6.45) is 0. The standard InChI is InChI=1S/C14H12ClNO3/c15-12-8-10(17)6-7-11(12)14(19,13(16)18)9-4-2-1-3-5-9/h1-8,17,19H,(H2,16,18). The van der Waals surface area contributed by atoms with Crippen LogP contribution in [0.4, 0.5) is 0 Å². The van der Waals surface area contributed by atoms with E-state index in [4.69, 9.17) is 17.3 Å². The normalized spacial score (nSPS) is 13.8. The van der Waals surface area contributed by atoms with E-state index in [-0.39, 0.29) is 16.3 Å². The van der Waals surface area contributed by atoms with Crippen LogP contribution in [0.5, 0.6) is 5.75 Å². The molecule has 1 atom stereocenters. The quantitative estimate of drug-likeness (QED) is 0.799. The van der Waals surface area contributed by atoms with Crippen LogP contribution in [-0.2, 0) is 10.4 Å². The van der Waals surface area contributed by atoms with Gasteiger partial charge in [0.25, 0.3) is 5.91 Å². The molecule has 2 rings (SSSR count). The van der Waals surface area contributed by atoms with Crippen LogP contribution < -0.4 is 5.73 Å². The Kier molecular flexibility index (Phi) is 3.46. The number of nitrogens with two attached hydrogens (primary N) is 1. The molecule has 98 valence electrons. The van der Waals surface area contributed by atoms with Crippen molar-refractivity contribution >= 4 is 17.5 Å². The molecule has 0 heterocycles. The van der Waals surface area contributed by atoms with Crippen LogP contribution in [0.3, 0.4) is 0 Å². The molecule has 1 unspecified atom stereocenters. The largest absolute Gasteiger partial charge is 0.508 e. The second kappa shape index (κ2) is 4.91. The summed E-state index contributed by atoms with van der Waals surface area (Å²) in [4.78, 5) is 11.7. The zero-order valence-corrected chi connectivity index (χ0v) is 10.6. The summed E-state index contributed by atoms with van der Waals surface area (Å²) in [6.45, 7) is 0. The molecular formula is C14H12ClNO3. The maximum atomic E-state index is 11.7. The highest BCUT2D eigenvalue weighted by molar-refractivity contribution is 6.32. The summed E-state index contributed by atoms with van der Waals surface area (Å²) >= 11 is 5.98. The van der Waals surface area contributed by atoms with Crippen molar-refractivity contribution in [2.24, 2.45) is 5.73 Å². The number of hydrogen-bond acceptors (Lipinski definition) is 3. The SMILES string of the molecule is NC(=O)C(O)(c1ccccc1)c1ccc(O)cc1Cl. The molecule has 0 aliphatic heterocycles. The molecule has 0 aliphatic carbocycles. The number of primary amides is 1. The van der Waals surface area contributed by atoms with E-state index in [2.05, 4.69) is 0 Å². The highest BCUT2D eigenvalue weighted by atomic mass is 35.5. The van der Waals surface area contributed by atoms with Crippen molar-refractivity contribution in [3.05, 3.63) is 64.7 Å². The molecule has 4 N–H and O–H groups in total. The van der Waals surface area contributed by atoms with Gasteiger partial charge in [-0.25, -0.2) is 0 Å². The minimum atomic E-state index is -2.04. The average Bonchev–Trinajstić information content (AvgIpc) is 2.38. The van der Waals surface area contributed by atoms with Gasteiger partial charge in [-0.3, -0.25) is 4.79 Å². The van der Waals surface area contributed by atoms with E-state index in [1.54, 1.807) is 30.3 Å². The van der Waals surface area contributed by atoms with Gasteiger partial charge in [-0.2, -0.15) is 0 Å². The van der Waals surface area contributed by atoms with Crippen LogP contribution in [-0.4, -0.2) is 16.1 Å². The number of phenols is 1. The predicted molar refractivity (Wildman–Crippen MR) is 71.8 cm³/mol. The predicted octanol–water partition coefficient (Wildman–Crippen LogP) is 1.77. The third-order valence-corrected chi connectivity index (χ3v) is 3.20. The molecule has 0 radical (unpaired) electrons. The summed E-state index contributed by atoms with van der Waals surface area (Å²) in [6, 6.07) is 12.2. The minimum Gasteiger partial charge on any atom is -0.508 e. The van der Waals surface area contributed by atoms with Gasteiger partial charge in [0.2, 0.25) is 0 Å². The molecule has 2 aromatic rings. The zero-order chi connectivity index (χ0) is 14.0. The van der Waals surface area contributed by atoms with Crippen molar-refractivity contribution in [3.8, 4) is 5.75 Å². The number of amides is 1. The number of carbonyl (C=O) groups is 1. The van der Waals surface area contributed by atoms with Crippen molar-refractivity contribution in [3.63, 3.8) is 0 Å². The van der Waals surface area contributed by atoms with Gasteiger partial charge in [0.05, 0.1) is 5.02 Å². The molecule has 0 bridgehead atoms. The number of hydrogen-bond donors (Lipinski definition) is 3. The Morgan fingerprint density at radius 1 is 1.16 bits per heavy atom. The lowest BCUT2D eigenvalue weighted by molar-refractivity contribution is -0.133. The highest BCUT2D eigenvalue weighted by Crippen LogP contribution is 2.35. The number of benzene rings is 2. The van der Waals surface area contributed by atoms with E-state index in [0.717, 1.165) is 0 Å². The number of rotatable bonds is 3. The van der Waals surface area contributed by atoms with E-state index in [1.165, 1.54) is 18.2 Å². The van der Waals surface area contributed by atoms with Crippen LogP contribution >= 0.6 is 11.6 Å². The van der Waals surface area contributed by atoms with Gasteiger partial charge in [-0.05, 0) is 17.7 Å². The fourth-order valence-corrected chi connectivity index (χ4v) is 2.22. The van der Waals surface area contributed by atoms with E-state index in [0.29, 0.717) is 5.56 Å². The van der Waals surface area contributed by atoms with Gasteiger partial charge < -0.3 is 15.9 Å². The van der Waals surface area contributed by atoms with E-state index in [1.807, 2.05) is 0 Å². The molecular weight excluding hydrogens is 266 g/mol. The number of halogens is 1. The topological polar surface area (TPSA) is 83.6 Å². The molecule has 0 saturated carbocycles. The van der Waals surface area contributed by atoms with Gasteiger partial charge in [0.1, 0.15) is 5.75 Å². The zero-order valence-electron chi connectivity index (χ0n) is 9.88. The molecule has 5 heteroatoms. The molecule has 0 spiro atoms. The number of carbonyl (C=O) groups excluding carboxylic acids is 1. The summed E-state index contributed by atoms with van der Waals surface area (Å²) in [5.74, 6) is -1.00. The number of phenolic OH excluding ortho intramolecular Hbond substituents is 1. The van der Waals surface area contributed by atoms with Crippen molar-refractivity contribution in [1.29, 1.82) is 0 Å². The van der Waals surface area contributed by atoms with Crippen molar-refractivity contribution in [2.75, 3.05) is 0 Å². The third kappa shape index (κ3) is 2.28. The molecule has 2 aromatic carbocycles. The lowest BCUT2D eigenvalue weighted by atomic mass is 9.85. The smallest absolute Gasteiger partial charge is 0.258 e. The monoisotopic (exact) mass is 277 g/mol. The number of aromatic hydroxyl groups is 1. The molecule has 0 fully saturated rings. The fraction of sp³-hybridized carbons (Fsp3) is 0.0714. The second-order valence-electron chi connectivity index (χ2n) is 4.10.